The van der Waals surface area contributed by atoms with Gasteiger partial charge < -0.3 is 20.1 Å². The van der Waals surface area contributed by atoms with Crippen molar-refractivity contribution in [2.24, 2.45) is 5.92 Å². The Morgan fingerprint density at radius 2 is 1.79 bits per heavy atom. The third kappa shape index (κ3) is 4.99. The summed E-state index contributed by atoms with van der Waals surface area (Å²) < 4.78 is 10.7. The predicted molar refractivity (Wildman–Crippen MR) is 132 cm³/mol. The lowest BCUT2D eigenvalue weighted by molar-refractivity contribution is 0.102. The van der Waals surface area contributed by atoms with Crippen LogP contribution in [0, 0.1) is 5.92 Å². The average molecular weight is 485 g/mol. The fourth-order valence-electron chi connectivity index (χ4n) is 3.95. The number of methoxy groups -OCH3 is 2. The van der Waals surface area contributed by atoms with Gasteiger partial charge in [0.1, 0.15) is 16.5 Å². The summed E-state index contributed by atoms with van der Waals surface area (Å²) in [5.41, 5.74) is 2.49. The third-order valence-corrected chi connectivity index (χ3v) is 7.15. The largest absolute Gasteiger partial charge is 0.497 e. The molecule has 8 heteroatoms. The second-order valence-corrected chi connectivity index (χ2v) is 9.58. The van der Waals surface area contributed by atoms with E-state index in [1.165, 1.54) is 11.3 Å². The van der Waals surface area contributed by atoms with E-state index in [2.05, 4.69) is 17.6 Å². The topological polar surface area (TPSA) is 76.7 Å². The number of carbonyl (C=O) groups excluding carboxylic acids is 2. The van der Waals surface area contributed by atoms with Crippen LogP contribution in [-0.4, -0.2) is 26.0 Å². The summed E-state index contributed by atoms with van der Waals surface area (Å²) in [6.45, 7) is 2.20. The van der Waals surface area contributed by atoms with Gasteiger partial charge in [0.2, 0.25) is 0 Å². The maximum Gasteiger partial charge on any atom is 0.259 e. The van der Waals surface area contributed by atoms with Crippen LogP contribution in [0.1, 0.15) is 44.5 Å². The van der Waals surface area contributed by atoms with Gasteiger partial charge in [0.15, 0.2) is 0 Å². The molecule has 172 valence electrons. The molecule has 0 saturated carbocycles. The van der Waals surface area contributed by atoms with E-state index in [9.17, 15) is 9.59 Å². The van der Waals surface area contributed by atoms with Gasteiger partial charge in [0.25, 0.3) is 11.8 Å². The Kier molecular flexibility index (Phi) is 6.91. The van der Waals surface area contributed by atoms with Crippen molar-refractivity contribution in [3.05, 3.63) is 69.1 Å². The van der Waals surface area contributed by atoms with E-state index in [1.807, 2.05) is 0 Å². The quantitative estimate of drug-likeness (QED) is 0.446. The minimum Gasteiger partial charge on any atom is -0.497 e. The summed E-state index contributed by atoms with van der Waals surface area (Å²) >= 11 is 7.42. The Bertz CT molecular complexity index is 1190. The number of thiophene rings is 1. The van der Waals surface area contributed by atoms with Crippen molar-refractivity contribution in [1.29, 1.82) is 0 Å². The second-order valence-electron chi connectivity index (χ2n) is 8.04. The lowest BCUT2D eigenvalue weighted by atomic mass is 9.88. The summed E-state index contributed by atoms with van der Waals surface area (Å²) in [6, 6.07) is 11.9. The first kappa shape index (κ1) is 23.1. The number of hydrogen-bond acceptors (Lipinski definition) is 5. The van der Waals surface area contributed by atoms with Gasteiger partial charge >= 0.3 is 0 Å². The van der Waals surface area contributed by atoms with E-state index < -0.39 is 0 Å². The predicted octanol–water partition coefficient (Wildman–Crippen LogP) is 6.05. The lowest BCUT2D eigenvalue weighted by Crippen LogP contribution is -2.19. The molecule has 4 rings (SSSR count). The molecule has 3 aromatic rings. The fraction of sp³-hybridized carbons (Fsp3) is 0.280. The third-order valence-electron chi connectivity index (χ3n) is 5.73. The van der Waals surface area contributed by atoms with Crippen LogP contribution in [0.5, 0.6) is 11.5 Å². The van der Waals surface area contributed by atoms with Crippen molar-refractivity contribution in [2.45, 2.75) is 26.2 Å². The Morgan fingerprint density at radius 3 is 2.48 bits per heavy atom. The van der Waals surface area contributed by atoms with Gasteiger partial charge in [-0.1, -0.05) is 18.5 Å². The Hall–Kier alpha value is -3.03. The zero-order valence-corrected chi connectivity index (χ0v) is 20.2. The normalized spacial score (nSPS) is 14.8. The highest BCUT2D eigenvalue weighted by atomic mass is 35.5. The Labute approximate surface area is 201 Å². The number of benzene rings is 2. The number of amides is 2. The zero-order valence-electron chi connectivity index (χ0n) is 18.7. The fourth-order valence-corrected chi connectivity index (χ4v) is 5.48. The molecule has 0 spiro atoms. The van der Waals surface area contributed by atoms with Crippen LogP contribution in [0.4, 0.5) is 10.7 Å². The van der Waals surface area contributed by atoms with Gasteiger partial charge in [-0.2, -0.15) is 0 Å². The number of halogens is 1. The molecule has 2 amide bonds. The number of ether oxygens (including phenoxy) is 2. The summed E-state index contributed by atoms with van der Waals surface area (Å²) in [7, 11) is 3.11. The van der Waals surface area contributed by atoms with Crippen LogP contribution < -0.4 is 20.1 Å². The highest BCUT2D eigenvalue weighted by molar-refractivity contribution is 7.17. The van der Waals surface area contributed by atoms with Crippen molar-refractivity contribution >= 4 is 45.4 Å². The van der Waals surface area contributed by atoms with Gasteiger partial charge in [-0.25, -0.2) is 0 Å². The second kappa shape index (κ2) is 9.85. The standard InChI is InChI=1S/C25H25ClN2O4S/c1-14-4-10-18-21(12-14)33-25(28-23(29)15-5-7-16(26)8-6-15)22(18)24(30)27-19-13-17(31-2)9-11-20(19)32-3/h5-9,11,13-14H,4,10,12H2,1-3H3,(H,27,30)(H,28,29)/t14-/m0/s1. The lowest BCUT2D eigenvalue weighted by Gasteiger charge is -2.19. The average Bonchev–Trinajstić information content (AvgIpc) is 3.16. The van der Waals surface area contributed by atoms with Crippen LogP contribution >= 0.6 is 22.9 Å². The molecule has 0 unspecified atom stereocenters. The van der Waals surface area contributed by atoms with E-state index >= 15 is 0 Å². The number of nitrogens with one attached hydrogen (secondary N) is 2. The molecule has 1 aliphatic rings. The zero-order chi connectivity index (χ0) is 23.5. The van der Waals surface area contributed by atoms with E-state index in [0.717, 1.165) is 29.7 Å². The van der Waals surface area contributed by atoms with Gasteiger partial charge in [-0.05, 0) is 67.1 Å². The van der Waals surface area contributed by atoms with Gasteiger partial charge in [0.05, 0.1) is 25.5 Å². The van der Waals surface area contributed by atoms with Crippen molar-refractivity contribution < 1.29 is 19.1 Å². The first-order chi connectivity index (χ1) is 15.9. The summed E-state index contributed by atoms with van der Waals surface area (Å²) in [5, 5.41) is 7.02. The van der Waals surface area contributed by atoms with Crippen LogP contribution in [0.2, 0.25) is 5.02 Å². The molecule has 2 aromatic carbocycles. The molecule has 0 saturated heterocycles. The maximum atomic E-state index is 13.5. The molecule has 1 aliphatic carbocycles. The minimum atomic E-state index is -0.292. The molecule has 2 N–H and O–H groups in total. The van der Waals surface area contributed by atoms with E-state index in [4.69, 9.17) is 21.1 Å². The highest BCUT2D eigenvalue weighted by Gasteiger charge is 2.29. The smallest absolute Gasteiger partial charge is 0.259 e. The highest BCUT2D eigenvalue weighted by Crippen LogP contribution is 2.41. The van der Waals surface area contributed by atoms with Gasteiger partial charge in [-0.15, -0.1) is 11.3 Å². The van der Waals surface area contributed by atoms with Gasteiger partial charge in [0, 0.05) is 21.5 Å². The van der Waals surface area contributed by atoms with Crippen molar-refractivity contribution in [3.8, 4) is 11.5 Å². The molecule has 0 radical (unpaired) electrons. The molecule has 6 nitrogen and oxygen atoms in total. The number of anilines is 2. The van der Waals surface area contributed by atoms with Crippen molar-refractivity contribution in [3.63, 3.8) is 0 Å². The molecule has 1 heterocycles. The van der Waals surface area contributed by atoms with E-state index in [-0.39, 0.29) is 11.8 Å². The summed E-state index contributed by atoms with van der Waals surface area (Å²) in [6.07, 6.45) is 2.68. The Balaban J connectivity index is 1.68. The minimum absolute atomic E-state index is 0.286. The summed E-state index contributed by atoms with van der Waals surface area (Å²) in [5.74, 6) is 1.08. The van der Waals surface area contributed by atoms with Crippen LogP contribution in [-0.2, 0) is 12.8 Å². The monoisotopic (exact) mass is 484 g/mol. The molecule has 1 aromatic heterocycles. The molecule has 0 fully saturated rings. The van der Waals surface area contributed by atoms with Crippen molar-refractivity contribution in [1.82, 2.24) is 0 Å². The first-order valence-corrected chi connectivity index (χ1v) is 11.8. The number of carbonyl (C=O) groups is 2. The molecule has 1 atom stereocenters. The molecular formula is C25H25ClN2O4S. The number of rotatable bonds is 6. The molecule has 0 bridgehead atoms. The molecular weight excluding hydrogens is 460 g/mol. The van der Waals surface area contributed by atoms with Crippen molar-refractivity contribution in [2.75, 3.05) is 24.9 Å². The SMILES string of the molecule is COc1ccc(OC)c(NC(=O)c2c(NC(=O)c3ccc(Cl)cc3)sc3c2CC[C@H](C)C3)c1. The number of hydrogen-bond donors (Lipinski definition) is 2. The Morgan fingerprint density at radius 1 is 1.03 bits per heavy atom. The first-order valence-electron chi connectivity index (χ1n) is 10.6. The van der Waals surface area contributed by atoms with Crippen LogP contribution in [0.25, 0.3) is 0 Å². The maximum absolute atomic E-state index is 13.5. The van der Waals surface area contributed by atoms with E-state index in [0.29, 0.717) is 44.3 Å². The van der Waals surface area contributed by atoms with Gasteiger partial charge in [-0.3, -0.25) is 9.59 Å². The number of fused-ring (bicyclic) bond motifs is 1. The van der Waals surface area contributed by atoms with Crippen LogP contribution in [0.15, 0.2) is 42.5 Å². The molecule has 0 aliphatic heterocycles. The summed E-state index contributed by atoms with van der Waals surface area (Å²) in [4.78, 5) is 27.6. The molecule has 33 heavy (non-hydrogen) atoms. The van der Waals surface area contributed by atoms with E-state index in [1.54, 1.807) is 56.7 Å². The van der Waals surface area contributed by atoms with Crippen LogP contribution in [0.3, 0.4) is 0 Å².